The van der Waals surface area contributed by atoms with Gasteiger partial charge in [0.05, 0.1) is 17.2 Å². The SMILES string of the molecule is O=C(CCn1cnc2ccccc2c1=O)N1CCN(C(=O)C2CC2c2ccc(F)cc2)CC1. The molecule has 2 aliphatic rings. The first kappa shape index (κ1) is 21.3. The number of aromatic nitrogens is 2. The molecule has 33 heavy (non-hydrogen) atoms. The summed E-state index contributed by atoms with van der Waals surface area (Å²) in [5.74, 6) is -0.0792. The number of amides is 2. The van der Waals surface area contributed by atoms with E-state index in [0.717, 1.165) is 12.0 Å². The average molecular weight is 448 g/mol. The Morgan fingerprint density at radius 1 is 0.970 bits per heavy atom. The molecule has 2 unspecified atom stereocenters. The lowest BCUT2D eigenvalue weighted by molar-refractivity contribution is -0.140. The predicted molar refractivity (Wildman–Crippen MR) is 121 cm³/mol. The van der Waals surface area contributed by atoms with Gasteiger partial charge in [-0.1, -0.05) is 24.3 Å². The van der Waals surface area contributed by atoms with E-state index in [4.69, 9.17) is 0 Å². The van der Waals surface area contributed by atoms with Gasteiger partial charge < -0.3 is 9.80 Å². The van der Waals surface area contributed by atoms with E-state index in [-0.39, 0.29) is 48.0 Å². The maximum absolute atomic E-state index is 13.1. The number of benzene rings is 2. The van der Waals surface area contributed by atoms with Gasteiger partial charge in [0.1, 0.15) is 5.82 Å². The molecule has 2 amide bonds. The van der Waals surface area contributed by atoms with Crippen LogP contribution in [-0.2, 0) is 16.1 Å². The highest BCUT2D eigenvalue weighted by molar-refractivity contribution is 5.83. The van der Waals surface area contributed by atoms with Crippen molar-refractivity contribution < 1.29 is 14.0 Å². The van der Waals surface area contributed by atoms with Gasteiger partial charge in [-0.15, -0.1) is 0 Å². The minimum atomic E-state index is -0.273. The Morgan fingerprint density at radius 2 is 1.67 bits per heavy atom. The molecule has 0 N–H and O–H groups in total. The number of nitrogens with zero attached hydrogens (tertiary/aromatic N) is 4. The molecule has 1 aliphatic heterocycles. The van der Waals surface area contributed by atoms with E-state index >= 15 is 0 Å². The molecule has 7 nitrogen and oxygen atoms in total. The second-order valence-electron chi connectivity index (χ2n) is 8.72. The van der Waals surface area contributed by atoms with E-state index in [1.165, 1.54) is 23.0 Å². The third kappa shape index (κ3) is 4.37. The summed E-state index contributed by atoms with van der Waals surface area (Å²) in [6.07, 6.45) is 2.49. The van der Waals surface area contributed by atoms with E-state index in [2.05, 4.69) is 4.98 Å². The fraction of sp³-hybridized carbons (Fsp3) is 0.360. The number of rotatable bonds is 5. The van der Waals surface area contributed by atoms with Gasteiger partial charge >= 0.3 is 0 Å². The van der Waals surface area contributed by atoms with E-state index in [1.807, 2.05) is 11.0 Å². The van der Waals surface area contributed by atoms with E-state index in [1.54, 1.807) is 35.2 Å². The molecule has 170 valence electrons. The number of halogens is 1. The summed E-state index contributed by atoms with van der Waals surface area (Å²) < 4.78 is 14.6. The van der Waals surface area contributed by atoms with Crippen molar-refractivity contribution in [3.63, 3.8) is 0 Å². The molecule has 2 atom stereocenters. The zero-order chi connectivity index (χ0) is 22.9. The van der Waals surface area contributed by atoms with Crippen molar-refractivity contribution in [3.05, 3.63) is 76.6 Å². The fourth-order valence-electron chi connectivity index (χ4n) is 4.60. The Bertz CT molecular complexity index is 1250. The smallest absolute Gasteiger partial charge is 0.261 e. The van der Waals surface area contributed by atoms with E-state index in [0.29, 0.717) is 37.1 Å². The summed E-state index contributed by atoms with van der Waals surface area (Å²) in [4.78, 5) is 46.0. The minimum Gasteiger partial charge on any atom is -0.339 e. The van der Waals surface area contributed by atoms with Crippen LogP contribution in [0.1, 0.15) is 24.3 Å². The maximum atomic E-state index is 13.1. The zero-order valence-corrected chi connectivity index (χ0v) is 18.2. The molecule has 1 aliphatic carbocycles. The van der Waals surface area contributed by atoms with E-state index in [9.17, 15) is 18.8 Å². The van der Waals surface area contributed by atoms with Gasteiger partial charge in [0, 0.05) is 45.1 Å². The van der Waals surface area contributed by atoms with Gasteiger partial charge in [-0.25, -0.2) is 9.37 Å². The quantitative estimate of drug-likeness (QED) is 0.601. The highest BCUT2D eigenvalue weighted by Crippen LogP contribution is 2.48. The largest absolute Gasteiger partial charge is 0.339 e. The summed E-state index contributed by atoms with van der Waals surface area (Å²) >= 11 is 0. The molecule has 1 aromatic heterocycles. The van der Waals surface area contributed by atoms with Crippen LogP contribution in [0, 0.1) is 11.7 Å². The maximum Gasteiger partial charge on any atom is 0.261 e. The zero-order valence-electron chi connectivity index (χ0n) is 18.2. The molecule has 8 heteroatoms. The van der Waals surface area contributed by atoms with Gasteiger partial charge in [0.15, 0.2) is 0 Å². The highest BCUT2D eigenvalue weighted by Gasteiger charge is 2.46. The molecule has 2 fully saturated rings. The fourth-order valence-corrected chi connectivity index (χ4v) is 4.60. The molecule has 2 aromatic carbocycles. The normalized spacial score (nSPS) is 20.2. The van der Waals surface area contributed by atoms with Crippen molar-refractivity contribution in [1.29, 1.82) is 0 Å². The van der Waals surface area contributed by atoms with Crippen LogP contribution in [0.25, 0.3) is 10.9 Å². The van der Waals surface area contributed by atoms with Crippen LogP contribution in [0.4, 0.5) is 4.39 Å². The van der Waals surface area contributed by atoms with Crippen LogP contribution in [-0.4, -0.2) is 57.3 Å². The van der Waals surface area contributed by atoms with Gasteiger partial charge in [-0.3, -0.25) is 19.0 Å². The third-order valence-corrected chi connectivity index (χ3v) is 6.65. The number of hydrogen-bond acceptors (Lipinski definition) is 4. The molecule has 0 radical (unpaired) electrons. The summed E-state index contributed by atoms with van der Waals surface area (Å²) in [6.45, 7) is 2.27. The Morgan fingerprint density at radius 3 is 2.42 bits per heavy atom. The van der Waals surface area contributed by atoms with Crippen LogP contribution in [0.3, 0.4) is 0 Å². The lowest BCUT2D eigenvalue weighted by Gasteiger charge is -2.35. The summed E-state index contributed by atoms with van der Waals surface area (Å²) in [7, 11) is 0. The highest BCUT2D eigenvalue weighted by atomic mass is 19.1. The molecule has 2 heterocycles. The van der Waals surface area contributed by atoms with Crippen molar-refractivity contribution >= 4 is 22.7 Å². The molecular formula is C25H25FN4O3. The van der Waals surface area contributed by atoms with Gasteiger partial charge in [-0.05, 0) is 42.2 Å². The number of carbonyl (C=O) groups excluding carboxylic acids is 2. The minimum absolute atomic E-state index is 0.0298. The van der Waals surface area contributed by atoms with Crippen LogP contribution in [0.15, 0.2) is 59.7 Å². The second-order valence-corrected chi connectivity index (χ2v) is 8.72. The van der Waals surface area contributed by atoms with E-state index < -0.39 is 0 Å². The van der Waals surface area contributed by atoms with Crippen LogP contribution in [0.2, 0.25) is 0 Å². The Balaban J connectivity index is 1.12. The molecule has 1 saturated carbocycles. The topological polar surface area (TPSA) is 75.5 Å². The van der Waals surface area contributed by atoms with Crippen LogP contribution >= 0.6 is 0 Å². The lowest BCUT2D eigenvalue weighted by atomic mass is 10.1. The number of aryl methyl sites for hydroxylation is 1. The van der Waals surface area contributed by atoms with Crippen molar-refractivity contribution in [2.24, 2.45) is 5.92 Å². The first-order valence-electron chi connectivity index (χ1n) is 11.3. The summed E-state index contributed by atoms with van der Waals surface area (Å²) in [5.41, 5.74) is 1.49. The second kappa shape index (κ2) is 8.77. The van der Waals surface area contributed by atoms with Crippen molar-refractivity contribution in [2.45, 2.75) is 25.3 Å². The Labute approximate surface area is 190 Å². The lowest BCUT2D eigenvalue weighted by Crippen LogP contribution is -2.51. The van der Waals surface area contributed by atoms with Crippen LogP contribution < -0.4 is 5.56 Å². The number of hydrogen-bond donors (Lipinski definition) is 0. The first-order chi connectivity index (χ1) is 16.0. The average Bonchev–Trinajstić information content (AvgIpc) is 3.65. The number of para-hydroxylation sites is 1. The van der Waals surface area contributed by atoms with Gasteiger partial charge in [-0.2, -0.15) is 0 Å². The monoisotopic (exact) mass is 448 g/mol. The number of carbonyl (C=O) groups is 2. The standard InChI is InChI=1S/C25H25FN4O3/c26-18-7-5-17(6-8-18)20-15-21(20)25(33)29-13-11-28(12-14-29)23(31)9-10-30-16-27-22-4-2-1-3-19(22)24(30)32/h1-8,16,20-21H,9-15H2. The molecule has 1 saturated heterocycles. The molecular weight excluding hydrogens is 423 g/mol. The number of piperazine rings is 1. The molecule has 0 bridgehead atoms. The molecule has 3 aromatic rings. The Kier molecular flexibility index (Phi) is 5.66. The first-order valence-corrected chi connectivity index (χ1v) is 11.3. The Hall–Kier alpha value is -3.55. The van der Waals surface area contributed by atoms with Crippen molar-refractivity contribution in [1.82, 2.24) is 19.4 Å². The predicted octanol–water partition coefficient (Wildman–Crippen LogP) is 2.40. The van der Waals surface area contributed by atoms with Gasteiger partial charge in [0.25, 0.3) is 5.56 Å². The van der Waals surface area contributed by atoms with Gasteiger partial charge in [0.2, 0.25) is 11.8 Å². The number of fused-ring (bicyclic) bond motifs is 1. The van der Waals surface area contributed by atoms with Crippen molar-refractivity contribution in [2.75, 3.05) is 26.2 Å². The van der Waals surface area contributed by atoms with Crippen molar-refractivity contribution in [3.8, 4) is 0 Å². The molecule has 0 spiro atoms. The van der Waals surface area contributed by atoms with Crippen LogP contribution in [0.5, 0.6) is 0 Å². The summed E-state index contributed by atoms with van der Waals surface area (Å²) in [5, 5.41) is 0.540. The molecule has 5 rings (SSSR count). The third-order valence-electron chi connectivity index (χ3n) is 6.65. The summed E-state index contributed by atoms with van der Waals surface area (Å²) in [6, 6.07) is 13.5.